The summed E-state index contributed by atoms with van der Waals surface area (Å²) in [6, 6.07) is 8.03. The molecule has 0 radical (unpaired) electrons. The van der Waals surface area contributed by atoms with Gasteiger partial charge < -0.3 is 10.1 Å². The third kappa shape index (κ3) is 5.57. The van der Waals surface area contributed by atoms with Gasteiger partial charge in [-0.1, -0.05) is 34.8 Å². The minimum atomic E-state index is -4.20. The molecule has 2 aromatic carbocycles. The van der Waals surface area contributed by atoms with E-state index in [1.165, 1.54) is 37.3 Å². The Morgan fingerprint density at radius 3 is 2.40 bits per heavy atom. The number of carbonyl (C=O) groups excluding carboxylic acids is 2. The Morgan fingerprint density at radius 2 is 1.73 bits per heavy atom. The second kappa shape index (κ2) is 9.01. The van der Waals surface area contributed by atoms with Crippen molar-refractivity contribution in [2.45, 2.75) is 36.8 Å². The number of hydrogen-bond acceptors (Lipinski definition) is 5. The zero-order chi connectivity index (χ0) is 22.1. The van der Waals surface area contributed by atoms with Crippen LogP contribution >= 0.6 is 34.8 Å². The maximum atomic E-state index is 12.8. The number of ether oxygens (including phenoxy) is 1. The molecule has 0 bridgehead atoms. The van der Waals surface area contributed by atoms with E-state index in [1.54, 1.807) is 0 Å². The molecule has 1 unspecified atom stereocenters. The number of sulfonamides is 1. The first kappa shape index (κ1) is 22.7. The summed E-state index contributed by atoms with van der Waals surface area (Å²) in [5, 5.41) is 3.02. The number of rotatable bonds is 7. The van der Waals surface area contributed by atoms with Crippen molar-refractivity contribution in [3.8, 4) is 0 Å². The SMILES string of the molecule is CC(OC(=O)c1ccc(Cl)c(S(=O)(=O)Nc2cc(Cl)ccc2Cl)c1)C(=O)NC1CC1. The standard InChI is InChI=1S/C19H17Cl3N2O5S/c1-10(18(25)23-13-4-5-13)29-19(26)11-2-6-15(22)17(8-11)30(27,28)24-16-9-12(20)3-7-14(16)21/h2-3,6-10,13,24H,4-5H2,1H3,(H,23,25). The Morgan fingerprint density at radius 1 is 1.07 bits per heavy atom. The predicted octanol–water partition coefficient (Wildman–Crippen LogP) is 4.27. The summed E-state index contributed by atoms with van der Waals surface area (Å²) in [5.74, 6) is -1.27. The number of hydrogen-bond donors (Lipinski definition) is 2. The molecule has 160 valence electrons. The number of amides is 1. The van der Waals surface area contributed by atoms with E-state index in [-0.39, 0.29) is 37.3 Å². The van der Waals surface area contributed by atoms with Crippen LogP contribution in [0.5, 0.6) is 0 Å². The van der Waals surface area contributed by atoms with Crippen LogP contribution in [0.1, 0.15) is 30.1 Å². The fourth-order valence-electron chi connectivity index (χ4n) is 2.44. The van der Waals surface area contributed by atoms with Crippen molar-refractivity contribution in [2.24, 2.45) is 0 Å². The van der Waals surface area contributed by atoms with Gasteiger partial charge in [-0.2, -0.15) is 0 Å². The van der Waals surface area contributed by atoms with Crippen LogP contribution in [-0.4, -0.2) is 32.4 Å². The molecule has 2 aromatic rings. The topological polar surface area (TPSA) is 102 Å². The molecule has 1 saturated carbocycles. The van der Waals surface area contributed by atoms with Crippen LogP contribution in [0.25, 0.3) is 0 Å². The van der Waals surface area contributed by atoms with E-state index in [2.05, 4.69) is 10.0 Å². The quantitative estimate of drug-likeness (QED) is 0.563. The summed E-state index contributed by atoms with van der Waals surface area (Å²) in [4.78, 5) is 24.0. The van der Waals surface area contributed by atoms with Crippen molar-refractivity contribution in [3.05, 3.63) is 57.0 Å². The molecule has 30 heavy (non-hydrogen) atoms. The zero-order valence-corrected chi connectivity index (χ0v) is 18.7. The monoisotopic (exact) mass is 490 g/mol. The number of esters is 1. The molecule has 1 atom stereocenters. The van der Waals surface area contributed by atoms with Crippen molar-refractivity contribution in [2.75, 3.05) is 4.72 Å². The van der Waals surface area contributed by atoms with Crippen molar-refractivity contribution in [3.63, 3.8) is 0 Å². The summed E-state index contributed by atoms with van der Waals surface area (Å²) in [7, 11) is -4.20. The average molecular weight is 492 g/mol. The minimum absolute atomic E-state index is 0.0542. The molecule has 1 fully saturated rings. The van der Waals surface area contributed by atoms with E-state index in [0.29, 0.717) is 0 Å². The van der Waals surface area contributed by atoms with Gasteiger partial charge in [0.1, 0.15) is 4.90 Å². The Balaban J connectivity index is 1.80. The summed E-state index contributed by atoms with van der Waals surface area (Å²) < 4.78 is 33.0. The highest BCUT2D eigenvalue weighted by Crippen LogP contribution is 2.30. The van der Waals surface area contributed by atoms with Crippen molar-refractivity contribution >= 4 is 62.4 Å². The minimum Gasteiger partial charge on any atom is -0.449 e. The molecular weight excluding hydrogens is 475 g/mol. The lowest BCUT2D eigenvalue weighted by atomic mass is 10.2. The molecule has 0 aliphatic heterocycles. The smallest absolute Gasteiger partial charge is 0.338 e. The van der Waals surface area contributed by atoms with Crippen LogP contribution in [0.2, 0.25) is 15.1 Å². The molecule has 2 N–H and O–H groups in total. The number of benzene rings is 2. The largest absolute Gasteiger partial charge is 0.449 e. The number of carbonyl (C=O) groups is 2. The van der Waals surface area contributed by atoms with E-state index in [9.17, 15) is 18.0 Å². The second-order valence-corrected chi connectivity index (χ2v) is 9.61. The summed E-state index contributed by atoms with van der Waals surface area (Å²) >= 11 is 17.9. The van der Waals surface area contributed by atoms with Crippen LogP contribution in [0.4, 0.5) is 5.69 Å². The molecule has 1 amide bonds. The third-order valence-corrected chi connectivity index (χ3v) is 6.62. The maximum Gasteiger partial charge on any atom is 0.338 e. The maximum absolute atomic E-state index is 12.8. The Kier molecular flexibility index (Phi) is 6.81. The number of nitrogens with one attached hydrogen (secondary N) is 2. The van der Waals surface area contributed by atoms with Gasteiger partial charge in [-0.15, -0.1) is 0 Å². The highest BCUT2D eigenvalue weighted by atomic mass is 35.5. The second-order valence-electron chi connectivity index (χ2n) is 6.71. The lowest BCUT2D eigenvalue weighted by Gasteiger charge is -2.15. The van der Waals surface area contributed by atoms with Gasteiger partial charge in [-0.3, -0.25) is 9.52 Å². The first-order valence-corrected chi connectivity index (χ1v) is 11.5. The first-order valence-electron chi connectivity index (χ1n) is 8.85. The van der Waals surface area contributed by atoms with Crippen LogP contribution < -0.4 is 10.0 Å². The van der Waals surface area contributed by atoms with Crippen LogP contribution in [0.3, 0.4) is 0 Å². The number of halogens is 3. The van der Waals surface area contributed by atoms with E-state index in [4.69, 9.17) is 39.5 Å². The highest BCUT2D eigenvalue weighted by Gasteiger charge is 2.28. The molecule has 11 heteroatoms. The van der Waals surface area contributed by atoms with Crippen molar-refractivity contribution in [1.29, 1.82) is 0 Å². The third-order valence-electron chi connectivity index (χ3n) is 4.21. The van der Waals surface area contributed by atoms with Gasteiger partial charge in [-0.05, 0) is 56.2 Å². The molecule has 3 rings (SSSR count). The molecular formula is C19H17Cl3N2O5S. The van der Waals surface area contributed by atoms with E-state index in [1.807, 2.05) is 0 Å². The van der Waals surface area contributed by atoms with Crippen molar-refractivity contribution in [1.82, 2.24) is 5.32 Å². The van der Waals surface area contributed by atoms with Gasteiger partial charge >= 0.3 is 5.97 Å². The Hall–Kier alpha value is -2.00. The van der Waals surface area contributed by atoms with Gasteiger partial charge in [0.05, 0.1) is 21.3 Å². The molecule has 0 saturated heterocycles. The molecule has 7 nitrogen and oxygen atoms in total. The lowest BCUT2D eigenvalue weighted by molar-refractivity contribution is -0.129. The first-order chi connectivity index (χ1) is 14.1. The summed E-state index contributed by atoms with van der Waals surface area (Å²) in [6.07, 6.45) is 0.764. The van der Waals surface area contributed by atoms with Gasteiger partial charge in [0, 0.05) is 11.1 Å². The molecule has 0 spiro atoms. The average Bonchev–Trinajstić information content (AvgIpc) is 3.48. The fourth-order valence-corrected chi connectivity index (χ4v) is 4.43. The van der Waals surface area contributed by atoms with Gasteiger partial charge in [0.2, 0.25) is 0 Å². The number of anilines is 1. The molecule has 0 aromatic heterocycles. The molecule has 1 aliphatic carbocycles. The van der Waals surface area contributed by atoms with Crippen LogP contribution in [0, 0.1) is 0 Å². The van der Waals surface area contributed by atoms with Gasteiger partial charge in [0.15, 0.2) is 6.10 Å². The van der Waals surface area contributed by atoms with Gasteiger partial charge in [0.25, 0.3) is 15.9 Å². The Labute approximate surface area is 188 Å². The normalized spacial score (nSPS) is 14.7. The highest BCUT2D eigenvalue weighted by molar-refractivity contribution is 7.92. The van der Waals surface area contributed by atoms with Gasteiger partial charge in [-0.25, -0.2) is 13.2 Å². The zero-order valence-electron chi connectivity index (χ0n) is 15.6. The van der Waals surface area contributed by atoms with Crippen LogP contribution in [0.15, 0.2) is 41.3 Å². The van der Waals surface area contributed by atoms with E-state index in [0.717, 1.165) is 18.9 Å². The molecule has 0 heterocycles. The Bertz CT molecular complexity index is 1100. The van der Waals surface area contributed by atoms with Crippen LogP contribution in [-0.2, 0) is 19.6 Å². The summed E-state index contributed by atoms with van der Waals surface area (Å²) in [5.41, 5.74) is -0.0263. The summed E-state index contributed by atoms with van der Waals surface area (Å²) in [6.45, 7) is 1.44. The van der Waals surface area contributed by atoms with Crippen molar-refractivity contribution < 1.29 is 22.7 Å². The van der Waals surface area contributed by atoms with E-state index < -0.39 is 28.0 Å². The lowest BCUT2D eigenvalue weighted by Crippen LogP contribution is -2.37. The van der Waals surface area contributed by atoms with E-state index >= 15 is 0 Å². The fraction of sp³-hybridized carbons (Fsp3) is 0.263. The predicted molar refractivity (Wildman–Crippen MR) is 115 cm³/mol. The molecule has 1 aliphatic rings.